The molecule has 24 heavy (non-hydrogen) atoms. The Hall–Kier alpha value is -1.57. The van der Waals surface area contributed by atoms with E-state index in [0.29, 0.717) is 24.7 Å². The largest absolute Gasteiger partial charge is 0.461 e. The molecule has 0 amide bonds. The molecule has 0 fully saturated rings. The van der Waals surface area contributed by atoms with Crippen molar-refractivity contribution in [2.24, 2.45) is 0 Å². The van der Waals surface area contributed by atoms with Crippen LogP contribution in [0.15, 0.2) is 23.5 Å². The zero-order chi connectivity index (χ0) is 17.9. The van der Waals surface area contributed by atoms with Gasteiger partial charge in [-0.05, 0) is 41.9 Å². The monoisotopic (exact) mass is 328 g/mol. The summed E-state index contributed by atoms with van der Waals surface area (Å²) in [6.45, 7) is 12.9. The second-order valence-electron chi connectivity index (χ2n) is 7.60. The summed E-state index contributed by atoms with van der Waals surface area (Å²) in [5.41, 5.74) is 4.63. The predicted octanol–water partition coefficient (Wildman–Crippen LogP) is 6.29. The lowest BCUT2D eigenvalue weighted by Gasteiger charge is -2.26. The Bertz CT molecular complexity index is 636. The molecule has 0 aliphatic carbocycles. The topological polar surface area (TPSA) is 26.3 Å². The number of ether oxygens (including phenoxy) is 1. The first-order chi connectivity index (χ1) is 11.3. The van der Waals surface area contributed by atoms with Crippen LogP contribution >= 0.6 is 0 Å². The first-order valence-corrected chi connectivity index (χ1v) is 9.42. The smallest absolute Gasteiger partial charge is 0.162 e. The van der Waals surface area contributed by atoms with Gasteiger partial charge in [-0.1, -0.05) is 59.6 Å². The molecule has 1 aromatic carbocycles. The van der Waals surface area contributed by atoms with Crippen molar-refractivity contribution in [2.45, 2.75) is 85.5 Å². The van der Waals surface area contributed by atoms with E-state index in [1.54, 1.807) is 0 Å². The second-order valence-corrected chi connectivity index (χ2v) is 7.60. The Balaban J connectivity index is 2.33. The first kappa shape index (κ1) is 18.8. The molecule has 0 aromatic heterocycles. The lowest BCUT2D eigenvalue weighted by Crippen LogP contribution is -2.17. The van der Waals surface area contributed by atoms with E-state index in [-0.39, 0.29) is 5.78 Å². The van der Waals surface area contributed by atoms with Crippen molar-refractivity contribution in [3.05, 3.63) is 40.2 Å². The Morgan fingerprint density at radius 3 is 2.42 bits per heavy atom. The highest BCUT2D eigenvalue weighted by Gasteiger charge is 2.26. The highest BCUT2D eigenvalue weighted by atomic mass is 16.5. The number of allylic oxidation sites excluding steroid dienone is 2. The van der Waals surface area contributed by atoms with Gasteiger partial charge in [0.1, 0.15) is 11.5 Å². The van der Waals surface area contributed by atoms with Crippen molar-refractivity contribution in [3.8, 4) is 5.75 Å². The molecule has 0 atom stereocenters. The Kier molecular flexibility index (Phi) is 6.26. The predicted molar refractivity (Wildman–Crippen MR) is 101 cm³/mol. The highest BCUT2D eigenvalue weighted by Crippen LogP contribution is 2.39. The Morgan fingerprint density at radius 1 is 1.12 bits per heavy atom. The van der Waals surface area contributed by atoms with E-state index in [4.69, 9.17) is 4.74 Å². The van der Waals surface area contributed by atoms with Crippen molar-refractivity contribution in [2.75, 3.05) is 0 Å². The van der Waals surface area contributed by atoms with Crippen LogP contribution in [0.1, 0.15) is 95.8 Å². The minimum atomic E-state index is 0.257. The van der Waals surface area contributed by atoms with Gasteiger partial charge in [-0.2, -0.15) is 0 Å². The molecule has 1 aliphatic rings. The summed E-state index contributed by atoms with van der Waals surface area (Å²) in [7, 11) is 0. The van der Waals surface area contributed by atoms with Crippen LogP contribution in [0.2, 0.25) is 0 Å². The van der Waals surface area contributed by atoms with Crippen molar-refractivity contribution in [3.63, 3.8) is 0 Å². The van der Waals surface area contributed by atoms with E-state index in [0.717, 1.165) is 36.3 Å². The molecule has 0 saturated carbocycles. The van der Waals surface area contributed by atoms with Gasteiger partial charge >= 0.3 is 0 Å². The molecule has 132 valence electrons. The molecule has 0 spiro atoms. The number of carbonyl (C=O) groups excluding carboxylic acids is 1. The standard InChI is InChI=1S/C22H32O2/c1-7-8-9-10-21(23)20-13-18-11-17(14(2)3)12-19(15(4)5)22(18)24-16(20)6/h11-12,14-15H,7-10,13H2,1-6H3. The minimum absolute atomic E-state index is 0.257. The molecule has 1 heterocycles. The fourth-order valence-corrected chi connectivity index (χ4v) is 3.27. The normalized spacial score (nSPS) is 14.2. The first-order valence-electron chi connectivity index (χ1n) is 9.42. The van der Waals surface area contributed by atoms with Crippen molar-refractivity contribution in [1.29, 1.82) is 0 Å². The maximum absolute atomic E-state index is 12.6. The fraction of sp³-hybridized carbons (Fsp3) is 0.591. The van der Waals surface area contributed by atoms with Crippen LogP contribution in [0.3, 0.4) is 0 Å². The molecule has 0 N–H and O–H groups in total. The SMILES string of the molecule is CCCCCC(=O)C1=C(C)Oc2c(cc(C(C)C)cc2C(C)C)C1. The van der Waals surface area contributed by atoms with E-state index in [2.05, 4.69) is 46.8 Å². The highest BCUT2D eigenvalue weighted by molar-refractivity contribution is 5.96. The van der Waals surface area contributed by atoms with E-state index in [9.17, 15) is 4.79 Å². The molecule has 1 aliphatic heterocycles. The average Bonchev–Trinajstić information content (AvgIpc) is 2.53. The number of rotatable bonds is 7. The van der Waals surface area contributed by atoms with Crippen LogP contribution < -0.4 is 4.74 Å². The van der Waals surface area contributed by atoms with E-state index < -0.39 is 0 Å². The van der Waals surface area contributed by atoms with E-state index in [1.807, 2.05) is 6.92 Å². The summed E-state index contributed by atoms with van der Waals surface area (Å²) in [6, 6.07) is 4.51. The molecule has 1 aromatic rings. The summed E-state index contributed by atoms with van der Waals surface area (Å²) in [6.07, 6.45) is 4.58. The zero-order valence-electron chi connectivity index (χ0n) is 16.2. The third-order valence-corrected chi connectivity index (χ3v) is 4.90. The van der Waals surface area contributed by atoms with Crippen LogP contribution in [-0.2, 0) is 11.2 Å². The number of Topliss-reactive ketones (excluding diaryl/α,β-unsaturated/α-hetero) is 1. The van der Waals surface area contributed by atoms with E-state index in [1.165, 1.54) is 16.7 Å². The number of carbonyl (C=O) groups is 1. The molecule has 2 rings (SSSR count). The van der Waals surface area contributed by atoms with Crippen molar-refractivity contribution < 1.29 is 9.53 Å². The Morgan fingerprint density at radius 2 is 1.83 bits per heavy atom. The van der Waals surface area contributed by atoms with Gasteiger partial charge < -0.3 is 4.74 Å². The summed E-state index contributed by atoms with van der Waals surface area (Å²) in [4.78, 5) is 12.6. The second kappa shape index (κ2) is 8.00. The molecular weight excluding hydrogens is 296 g/mol. The number of unbranched alkanes of at least 4 members (excludes halogenated alkanes) is 2. The summed E-state index contributed by atoms with van der Waals surface area (Å²) < 4.78 is 6.16. The summed E-state index contributed by atoms with van der Waals surface area (Å²) in [5, 5.41) is 0. The number of fused-ring (bicyclic) bond motifs is 1. The number of benzene rings is 1. The zero-order valence-corrected chi connectivity index (χ0v) is 16.2. The van der Waals surface area contributed by atoms with Gasteiger partial charge in [-0.25, -0.2) is 0 Å². The quantitative estimate of drug-likeness (QED) is 0.550. The number of hydrogen-bond acceptors (Lipinski definition) is 2. The van der Waals surface area contributed by atoms with Crippen LogP contribution in [0, 0.1) is 0 Å². The minimum Gasteiger partial charge on any atom is -0.461 e. The van der Waals surface area contributed by atoms with Gasteiger partial charge in [-0.15, -0.1) is 0 Å². The maximum atomic E-state index is 12.6. The number of ketones is 1. The maximum Gasteiger partial charge on any atom is 0.162 e. The van der Waals surface area contributed by atoms with Gasteiger partial charge in [0.05, 0.1) is 0 Å². The van der Waals surface area contributed by atoms with Gasteiger partial charge in [-0.3, -0.25) is 4.79 Å². The molecule has 0 bridgehead atoms. The van der Waals surface area contributed by atoms with Gasteiger partial charge in [0.25, 0.3) is 0 Å². The summed E-state index contributed by atoms with van der Waals surface area (Å²) in [5.74, 6) is 2.92. The molecular formula is C22H32O2. The average molecular weight is 328 g/mol. The van der Waals surface area contributed by atoms with Crippen molar-refractivity contribution >= 4 is 5.78 Å². The molecule has 0 radical (unpaired) electrons. The van der Waals surface area contributed by atoms with Gasteiger partial charge in [0.2, 0.25) is 0 Å². The van der Waals surface area contributed by atoms with Gasteiger partial charge in [0.15, 0.2) is 5.78 Å². The lowest BCUT2D eigenvalue weighted by molar-refractivity contribution is -0.116. The molecule has 0 saturated heterocycles. The van der Waals surface area contributed by atoms with Crippen molar-refractivity contribution in [1.82, 2.24) is 0 Å². The lowest BCUT2D eigenvalue weighted by atomic mass is 9.87. The van der Waals surface area contributed by atoms with Gasteiger partial charge in [0, 0.05) is 18.4 Å². The Labute approximate surface area is 147 Å². The molecule has 2 nitrogen and oxygen atoms in total. The summed E-state index contributed by atoms with van der Waals surface area (Å²) >= 11 is 0. The van der Waals surface area contributed by atoms with Crippen LogP contribution in [0.5, 0.6) is 5.75 Å². The fourth-order valence-electron chi connectivity index (χ4n) is 3.27. The molecule has 2 heteroatoms. The molecule has 0 unspecified atom stereocenters. The number of hydrogen-bond donors (Lipinski definition) is 0. The van der Waals surface area contributed by atoms with Crippen LogP contribution in [-0.4, -0.2) is 5.78 Å². The van der Waals surface area contributed by atoms with Crippen LogP contribution in [0.25, 0.3) is 0 Å². The third kappa shape index (κ3) is 4.09. The third-order valence-electron chi connectivity index (χ3n) is 4.90. The van der Waals surface area contributed by atoms with Crippen LogP contribution in [0.4, 0.5) is 0 Å². The van der Waals surface area contributed by atoms with E-state index >= 15 is 0 Å².